The zero-order chi connectivity index (χ0) is 20.9. The number of benzene rings is 1. The number of hydrogen-bond acceptors (Lipinski definition) is 6. The Morgan fingerprint density at radius 2 is 2.10 bits per heavy atom. The zero-order valence-electron chi connectivity index (χ0n) is 15.5. The van der Waals surface area contributed by atoms with Gasteiger partial charge in [-0.3, -0.25) is 14.5 Å². The molecule has 30 heavy (non-hydrogen) atoms. The number of thiophene rings is 1. The summed E-state index contributed by atoms with van der Waals surface area (Å²) in [7, 11) is 0. The van der Waals surface area contributed by atoms with Crippen LogP contribution in [0.15, 0.2) is 41.8 Å². The predicted octanol–water partition coefficient (Wildman–Crippen LogP) is 3.86. The molecular formula is C20H15ClN4O3S2. The van der Waals surface area contributed by atoms with Crippen LogP contribution in [0.3, 0.4) is 0 Å². The summed E-state index contributed by atoms with van der Waals surface area (Å²) in [5, 5.41) is 7.70. The lowest BCUT2D eigenvalue weighted by molar-refractivity contribution is -0.134. The molecule has 4 amide bonds. The number of hydrogen-bond donors (Lipinski definition) is 2. The van der Waals surface area contributed by atoms with Gasteiger partial charge in [-0.2, -0.15) is 0 Å². The molecule has 0 radical (unpaired) electrons. The second-order valence-electron chi connectivity index (χ2n) is 7.07. The fraction of sp³-hybridized carbons (Fsp3) is 0.200. The third-order valence-electron chi connectivity index (χ3n) is 5.30. The Morgan fingerprint density at radius 1 is 1.27 bits per heavy atom. The molecule has 0 bridgehead atoms. The minimum atomic E-state index is -1.07. The van der Waals surface area contributed by atoms with Gasteiger partial charge in [0.05, 0.1) is 14.9 Å². The fourth-order valence-corrected chi connectivity index (χ4v) is 5.74. The molecule has 1 fully saturated rings. The smallest absolute Gasteiger partial charge is 0.319 e. The minimum Gasteiger partial charge on any atom is -0.319 e. The van der Waals surface area contributed by atoms with Crippen LogP contribution in [0.25, 0.3) is 10.6 Å². The first-order valence-electron chi connectivity index (χ1n) is 9.20. The second-order valence-corrected chi connectivity index (χ2v) is 9.65. The van der Waals surface area contributed by atoms with Crippen LogP contribution >= 0.6 is 34.3 Å². The summed E-state index contributed by atoms with van der Waals surface area (Å²) in [6.45, 7) is -0.367. The summed E-state index contributed by atoms with van der Waals surface area (Å²) in [6.07, 6.45) is 1.20. The van der Waals surface area contributed by atoms with Crippen molar-refractivity contribution in [2.75, 3.05) is 11.9 Å². The highest BCUT2D eigenvalue weighted by Gasteiger charge is 2.55. The summed E-state index contributed by atoms with van der Waals surface area (Å²) in [4.78, 5) is 44.4. The number of urea groups is 1. The van der Waals surface area contributed by atoms with Crippen molar-refractivity contribution in [2.45, 2.75) is 18.4 Å². The van der Waals surface area contributed by atoms with Crippen LogP contribution in [0.2, 0.25) is 4.34 Å². The van der Waals surface area contributed by atoms with E-state index in [4.69, 9.17) is 11.6 Å². The summed E-state index contributed by atoms with van der Waals surface area (Å²) < 4.78 is 0.657. The summed E-state index contributed by atoms with van der Waals surface area (Å²) >= 11 is 8.62. The molecule has 1 aliphatic carbocycles. The van der Waals surface area contributed by atoms with Crippen molar-refractivity contribution in [3.63, 3.8) is 0 Å². The van der Waals surface area contributed by atoms with Crippen molar-refractivity contribution in [3.8, 4) is 10.6 Å². The first kappa shape index (κ1) is 19.2. The van der Waals surface area contributed by atoms with Gasteiger partial charge in [0.25, 0.3) is 5.91 Å². The van der Waals surface area contributed by atoms with Gasteiger partial charge in [-0.05, 0) is 36.1 Å². The number of nitrogens with zero attached hydrogens (tertiary/aromatic N) is 2. The Morgan fingerprint density at radius 3 is 2.90 bits per heavy atom. The highest BCUT2D eigenvalue weighted by molar-refractivity contribution is 7.20. The number of imide groups is 1. The Kier molecular flexibility index (Phi) is 4.61. The normalized spacial score (nSPS) is 20.0. The maximum Gasteiger partial charge on any atom is 0.325 e. The van der Waals surface area contributed by atoms with Crippen molar-refractivity contribution in [1.29, 1.82) is 0 Å². The predicted molar refractivity (Wildman–Crippen MR) is 116 cm³/mol. The quantitative estimate of drug-likeness (QED) is 0.581. The molecule has 2 aromatic heterocycles. The largest absolute Gasteiger partial charge is 0.325 e. The summed E-state index contributed by atoms with van der Waals surface area (Å²) in [5.74, 6) is -0.868. The van der Waals surface area contributed by atoms with Gasteiger partial charge in [0.1, 0.15) is 12.1 Å². The maximum absolute atomic E-state index is 13.1. The van der Waals surface area contributed by atoms with Gasteiger partial charge in [0.15, 0.2) is 5.13 Å². The van der Waals surface area contributed by atoms with Crippen LogP contribution in [0, 0.1) is 0 Å². The molecule has 7 nitrogen and oxygen atoms in total. The molecule has 1 spiro atoms. The lowest BCUT2D eigenvalue weighted by Gasteiger charge is -2.22. The van der Waals surface area contributed by atoms with Crippen molar-refractivity contribution in [2.24, 2.45) is 0 Å². The summed E-state index contributed by atoms with van der Waals surface area (Å²) in [5.41, 5.74) is 1.50. The average Bonchev–Trinajstić information content (AvgIpc) is 3.48. The standard InChI is InChI=1S/C20H15ClN4O3S2/c21-15-6-5-14(30-15)13-10-29-18(22-13)23-16(26)9-25-17(27)20(24-19(25)28)8-7-11-3-1-2-4-12(11)20/h1-6,10H,7-9H2,(H,24,28)(H,22,23,26). The Balaban J connectivity index is 1.30. The number of rotatable bonds is 4. The van der Waals surface area contributed by atoms with E-state index in [0.29, 0.717) is 28.0 Å². The van der Waals surface area contributed by atoms with Crippen molar-refractivity contribution < 1.29 is 14.4 Å². The molecular weight excluding hydrogens is 444 g/mol. The molecule has 152 valence electrons. The topological polar surface area (TPSA) is 91.4 Å². The molecule has 2 aliphatic rings. The average molecular weight is 459 g/mol. The highest BCUT2D eigenvalue weighted by Crippen LogP contribution is 2.41. The van der Waals surface area contributed by atoms with E-state index in [1.807, 2.05) is 35.7 Å². The number of carbonyl (C=O) groups is 3. The van der Waals surface area contributed by atoms with E-state index in [1.54, 1.807) is 6.07 Å². The molecule has 1 atom stereocenters. The number of aromatic nitrogens is 1. The Hall–Kier alpha value is -2.75. The van der Waals surface area contributed by atoms with E-state index < -0.39 is 17.5 Å². The number of carbonyl (C=O) groups excluding carboxylic acids is 3. The van der Waals surface area contributed by atoms with Gasteiger partial charge < -0.3 is 10.6 Å². The van der Waals surface area contributed by atoms with Crippen LogP contribution in [-0.2, 0) is 21.5 Å². The molecule has 1 aliphatic heterocycles. The van der Waals surface area contributed by atoms with Crippen LogP contribution in [0.5, 0.6) is 0 Å². The van der Waals surface area contributed by atoms with Crippen LogP contribution in [0.1, 0.15) is 17.5 Å². The Bertz CT molecular complexity index is 1190. The number of amides is 4. The first-order chi connectivity index (χ1) is 14.5. The summed E-state index contributed by atoms with van der Waals surface area (Å²) in [6, 6.07) is 10.7. The molecule has 1 aromatic carbocycles. The van der Waals surface area contributed by atoms with Crippen molar-refractivity contribution >= 4 is 57.3 Å². The number of halogens is 1. The van der Waals surface area contributed by atoms with Crippen LogP contribution < -0.4 is 10.6 Å². The molecule has 2 N–H and O–H groups in total. The van der Waals surface area contributed by atoms with E-state index in [2.05, 4.69) is 15.6 Å². The van der Waals surface area contributed by atoms with Gasteiger partial charge in [-0.25, -0.2) is 9.78 Å². The van der Waals surface area contributed by atoms with Crippen LogP contribution in [0.4, 0.5) is 9.93 Å². The van der Waals surface area contributed by atoms with Crippen molar-refractivity contribution in [1.82, 2.24) is 15.2 Å². The Labute approximate surface area is 184 Å². The third-order valence-corrected chi connectivity index (χ3v) is 7.31. The van der Waals surface area contributed by atoms with Gasteiger partial charge in [0.2, 0.25) is 5.91 Å². The number of nitrogens with one attached hydrogen (secondary N) is 2. The SMILES string of the molecule is O=C(CN1C(=O)NC2(CCc3ccccc32)C1=O)Nc1nc(-c2ccc(Cl)s2)cs1. The van der Waals surface area contributed by atoms with Gasteiger partial charge in [-0.1, -0.05) is 35.9 Å². The molecule has 10 heteroatoms. The highest BCUT2D eigenvalue weighted by atomic mass is 35.5. The van der Waals surface area contributed by atoms with Crippen molar-refractivity contribution in [3.05, 3.63) is 57.2 Å². The molecule has 5 rings (SSSR count). The molecule has 3 heterocycles. The number of thiazole rings is 1. The fourth-order valence-electron chi connectivity index (χ4n) is 3.93. The van der Waals surface area contributed by atoms with E-state index in [0.717, 1.165) is 20.9 Å². The maximum atomic E-state index is 13.1. The number of anilines is 1. The second kappa shape index (κ2) is 7.19. The minimum absolute atomic E-state index is 0.367. The zero-order valence-corrected chi connectivity index (χ0v) is 17.9. The van der Waals surface area contributed by atoms with Gasteiger partial charge >= 0.3 is 6.03 Å². The van der Waals surface area contributed by atoms with Gasteiger partial charge in [0, 0.05) is 5.38 Å². The number of fused-ring (bicyclic) bond motifs is 2. The van der Waals surface area contributed by atoms with E-state index in [1.165, 1.54) is 22.7 Å². The molecule has 1 saturated heterocycles. The molecule has 3 aromatic rings. The monoisotopic (exact) mass is 458 g/mol. The third kappa shape index (κ3) is 3.10. The van der Waals surface area contributed by atoms with E-state index >= 15 is 0 Å². The number of aryl methyl sites for hydroxylation is 1. The van der Waals surface area contributed by atoms with Crippen LogP contribution in [-0.4, -0.2) is 34.3 Å². The first-order valence-corrected chi connectivity index (χ1v) is 11.3. The van der Waals surface area contributed by atoms with E-state index in [-0.39, 0.29) is 12.5 Å². The molecule has 1 unspecified atom stereocenters. The lowest BCUT2D eigenvalue weighted by Crippen LogP contribution is -2.42. The molecule has 0 saturated carbocycles. The van der Waals surface area contributed by atoms with Gasteiger partial charge in [-0.15, -0.1) is 22.7 Å². The lowest BCUT2D eigenvalue weighted by atomic mass is 9.92. The van der Waals surface area contributed by atoms with E-state index in [9.17, 15) is 14.4 Å².